The van der Waals surface area contributed by atoms with E-state index in [1.165, 1.54) is 16.8 Å². The van der Waals surface area contributed by atoms with Crippen molar-refractivity contribution < 1.29 is 8.42 Å². The van der Waals surface area contributed by atoms with Crippen molar-refractivity contribution in [2.24, 2.45) is 5.14 Å². The molecule has 0 amide bonds. The number of aromatic nitrogens is 5. The summed E-state index contributed by atoms with van der Waals surface area (Å²) in [5, 5.41) is 16.6. The third-order valence-corrected chi connectivity index (χ3v) is 3.75. The highest BCUT2D eigenvalue weighted by Gasteiger charge is 2.12. The fourth-order valence-electron chi connectivity index (χ4n) is 1.82. The van der Waals surface area contributed by atoms with E-state index in [2.05, 4.69) is 20.5 Å². The van der Waals surface area contributed by atoms with Crippen molar-refractivity contribution in [2.45, 2.75) is 4.90 Å². The van der Waals surface area contributed by atoms with Crippen LogP contribution in [-0.4, -0.2) is 33.6 Å². The predicted octanol–water partition coefficient (Wildman–Crippen LogP) is 0.372. The van der Waals surface area contributed by atoms with E-state index in [1.807, 2.05) is 0 Å². The molecular weight excluding hydrogens is 292 g/mol. The monoisotopic (exact) mass is 302 g/mol. The van der Waals surface area contributed by atoms with Gasteiger partial charge in [-0.25, -0.2) is 13.6 Å². The fourth-order valence-corrected chi connectivity index (χ4v) is 2.33. The Morgan fingerprint density at radius 2 is 1.67 bits per heavy atom. The van der Waals surface area contributed by atoms with Gasteiger partial charge in [0.15, 0.2) is 5.82 Å². The minimum Gasteiger partial charge on any atom is -0.265 e. The molecule has 0 radical (unpaired) electrons. The molecule has 1 aromatic carbocycles. The Morgan fingerprint density at radius 3 is 2.29 bits per heavy atom. The molecule has 8 nitrogen and oxygen atoms in total. The SMILES string of the molecule is NS(=O)(=O)c1ccc(-n2nnnc2-c2ccncc2)cc1. The lowest BCUT2D eigenvalue weighted by Crippen LogP contribution is -2.12. The summed E-state index contributed by atoms with van der Waals surface area (Å²) in [5.41, 5.74) is 1.42. The first-order chi connectivity index (χ1) is 10.1. The maximum Gasteiger partial charge on any atom is 0.238 e. The minimum atomic E-state index is -3.72. The van der Waals surface area contributed by atoms with Gasteiger partial charge in [-0.3, -0.25) is 4.98 Å². The first-order valence-electron chi connectivity index (χ1n) is 5.88. The summed E-state index contributed by atoms with van der Waals surface area (Å²) >= 11 is 0. The Kier molecular flexibility index (Phi) is 3.20. The van der Waals surface area contributed by atoms with Crippen LogP contribution in [0.25, 0.3) is 17.1 Å². The van der Waals surface area contributed by atoms with Crippen molar-refractivity contribution in [3.05, 3.63) is 48.8 Å². The number of tetrazole rings is 1. The van der Waals surface area contributed by atoms with Gasteiger partial charge in [-0.1, -0.05) is 0 Å². The number of pyridine rings is 1. The average Bonchev–Trinajstić information content (AvgIpc) is 2.97. The summed E-state index contributed by atoms with van der Waals surface area (Å²) in [6.07, 6.45) is 3.27. The van der Waals surface area contributed by atoms with Gasteiger partial charge in [0.2, 0.25) is 10.0 Å². The highest BCUT2D eigenvalue weighted by atomic mass is 32.2. The third-order valence-electron chi connectivity index (χ3n) is 2.82. The molecule has 0 saturated heterocycles. The molecule has 0 aliphatic heterocycles. The lowest BCUT2D eigenvalue weighted by Gasteiger charge is -2.05. The van der Waals surface area contributed by atoms with Gasteiger partial charge in [0, 0.05) is 18.0 Å². The summed E-state index contributed by atoms with van der Waals surface area (Å²) in [7, 11) is -3.72. The topological polar surface area (TPSA) is 117 Å². The van der Waals surface area contributed by atoms with Crippen LogP contribution in [-0.2, 0) is 10.0 Å². The highest BCUT2D eigenvalue weighted by Crippen LogP contribution is 2.19. The lowest BCUT2D eigenvalue weighted by molar-refractivity contribution is 0.598. The van der Waals surface area contributed by atoms with Gasteiger partial charge in [-0.2, -0.15) is 4.68 Å². The first kappa shape index (κ1) is 13.3. The molecule has 0 aliphatic rings. The molecule has 0 aliphatic carbocycles. The molecule has 0 saturated carbocycles. The molecule has 9 heteroatoms. The van der Waals surface area contributed by atoms with E-state index < -0.39 is 10.0 Å². The Bertz CT molecular complexity index is 858. The van der Waals surface area contributed by atoms with Gasteiger partial charge in [0.25, 0.3) is 0 Å². The van der Waals surface area contributed by atoms with Crippen LogP contribution in [0.1, 0.15) is 0 Å². The Balaban J connectivity index is 2.05. The van der Waals surface area contributed by atoms with E-state index in [9.17, 15) is 8.42 Å². The standard InChI is InChI=1S/C12H10N6O2S/c13-21(19,20)11-3-1-10(2-4-11)18-12(15-16-17-18)9-5-7-14-8-6-9/h1-8H,(H2,13,19,20). The number of benzene rings is 1. The Labute approximate surface area is 120 Å². The summed E-state index contributed by atoms with van der Waals surface area (Å²) in [5.74, 6) is 0.528. The molecule has 2 aromatic heterocycles. The summed E-state index contributed by atoms with van der Waals surface area (Å²) in [4.78, 5) is 3.97. The molecule has 3 rings (SSSR count). The largest absolute Gasteiger partial charge is 0.265 e. The maximum absolute atomic E-state index is 11.2. The maximum atomic E-state index is 11.2. The molecule has 3 aromatic rings. The van der Waals surface area contributed by atoms with Crippen LogP contribution in [0.15, 0.2) is 53.7 Å². The normalized spacial score (nSPS) is 11.5. The average molecular weight is 302 g/mol. The fraction of sp³-hybridized carbons (Fsp3) is 0. The van der Waals surface area contributed by atoms with E-state index in [-0.39, 0.29) is 4.90 Å². The van der Waals surface area contributed by atoms with Gasteiger partial charge in [0.05, 0.1) is 10.6 Å². The zero-order valence-electron chi connectivity index (χ0n) is 10.7. The van der Waals surface area contributed by atoms with Crippen molar-refractivity contribution in [1.82, 2.24) is 25.2 Å². The van der Waals surface area contributed by atoms with Crippen LogP contribution in [0.2, 0.25) is 0 Å². The van der Waals surface area contributed by atoms with Crippen LogP contribution in [0.4, 0.5) is 0 Å². The Hall–Kier alpha value is -2.65. The minimum absolute atomic E-state index is 0.0322. The van der Waals surface area contributed by atoms with Crippen LogP contribution in [0, 0.1) is 0 Å². The van der Waals surface area contributed by atoms with Gasteiger partial charge < -0.3 is 0 Å². The van der Waals surface area contributed by atoms with Crippen molar-refractivity contribution >= 4 is 10.0 Å². The zero-order chi connectivity index (χ0) is 14.9. The van der Waals surface area contributed by atoms with E-state index in [1.54, 1.807) is 36.7 Å². The molecule has 0 fully saturated rings. The van der Waals surface area contributed by atoms with Crippen LogP contribution < -0.4 is 5.14 Å². The summed E-state index contributed by atoms with van der Waals surface area (Å²) < 4.78 is 24.0. The van der Waals surface area contributed by atoms with Gasteiger partial charge in [-0.15, -0.1) is 5.10 Å². The van der Waals surface area contributed by atoms with Gasteiger partial charge in [0.1, 0.15) is 0 Å². The number of rotatable bonds is 3. The molecule has 0 unspecified atom stereocenters. The molecule has 21 heavy (non-hydrogen) atoms. The number of nitrogens with two attached hydrogens (primary N) is 1. The number of hydrogen-bond acceptors (Lipinski definition) is 6. The van der Waals surface area contributed by atoms with Crippen molar-refractivity contribution in [2.75, 3.05) is 0 Å². The van der Waals surface area contributed by atoms with E-state index in [0.29, 0.717) is 11.5 Å². The molecule has 0 atom stereocenters. The number of primary sulfonamides is 1. The van der Waals surface area contributed by atoms with Crippen LogP contribution >= 0.6 is 0 Å². The second kappa shape index (κ2) is 5.04. The second-order valence-corrected chi connectivity index (χ2v) is 5.75. The molecule has 0 bridgehead atoms. The van der Waals surface area contributed by atoms with Crippen molar-refractivity contribution in [3.63, 3.8) is 0 Å². The highest BCUT2D eigenvalue weighted by molar-refractivity contribution is 7.89. The Morgan fingerprint density at radius 1 is 1.00 bits per heavy atom. The summed E-state index contributed by atoms with van der Waals surface area (Å²) in [6.45, 7) is 0. The number of hydrogen-bond donors (Lipinski definition) is 1. The van der Waals surface area contributed by atoms with Gasteiger partial charge >= 0.3 is 0 Å². The first-order valence-corrected chi connectivity index (χ1v) is 7.42. The smallest absolute Gasteiger partial charge is 0.238 e. The quantitative estimate of drug-likeness (QED) is 0.747. The van der Waals surface area contributed by atoms with E-state index >= 15 is 0 Å². The van der Waals surface area contributed by atoms with E-state index in [0.717, 1.165) is 5.56 Å². The third kappa shape index (κ3) is 2.64. The molecule has 2 N–H and O–H groups in total. The predicted molar refractivity (Wildman–Crippen MR) is 73.8 cm³/mol. The molecule has 2 heterocycles. The second-order valence-electron chi connectivity index (χ2n) is 4.19. The lowest BCUT2D eigenvalue weighted by atomic mass is 10.2. The molecule has 0 spiro atoms. The van der Waals surface area contributed by atoms with Crippen LogP contribution in [0.3, 0.4) is 0 Å². The number of sulfonamides is 1. The molecular formula is C12H10N6O2S. The van der Waals surface area contributed by atoms with Crippen molar-refractivity contribution in [3.8, 4) is 17.1 Å². The van der Waals surface area contributed by atoms with Crippen LogP contribution in [0.5, 0.6) is 0 Å². The van der Waals surface area contributed by atoms with Crippen molar-refractivity contribution in [1.29, 1.82) is 0 Å². The zero-order valence-corrected chi connectivity index (χ0v) is 11.5. The van der Waals surface area contributed by atoms with E-state index in [4.69, 9.17) is 5.14 Å². The van der Waals surface area contributed by atoms with Gasteiger partial charge in [-0.05, 0) is 46.8 Å². The molecule has 106 valence electrons. The number of nitrogens with zero attached hydrogens (tertiary/aromatic N) is 5. The summed E-state index contributed by atoms with van der Waals surface area (Å²) in [6, 6.07) is 9.54.